The van der Waals surface area contributed by atoms with E-state index in [1.54, 1.807) is 6.07 Å². The van der Waals surface area contributed by atoms with Crippen molar-refractivity contribution in [2.45, 2.75) is 6.42 Å². The first kappa shape index (κ1) is 17.9. The minimum atomic E-state index is -0.233. The van der Waals surface area contributed by atoms with Crippen molar-refractivity contribution in [3.63, 3.8) is 0 Å². The molecular formula is C23H15ClN2O2S. The van der Waals surface area contributed by atoms with E-state index in [1.807, 2.05) is 66.7 Å². The Labute approximate surface area is 175 Å². The van der Waals surface area contributed by atoms with E-state index in [4.69, 9.17) is 16.0 Å². The molecule has 0 saturated heterocycles. The third-order valence-electron chi connectivity index (χ3n) is 4.63. The molecule has 0 spiro atoms. The number of anilines is 1. The van der Waals surface area contributed by atoms with Crippen molar-refractivity contribution in [3.05, 3.63) is 94.2 Å². The minimum Gasteiger partial charge on any atom is -0.440 e. The highest BCUT2D eigenvalue weighted by atomic mass is 35.5. The number of aromatic nitrogens is 1. The summed E-state index contributed by atoms with van der Waals surface area (Å²) in [6.07, 6.45) is 0.620. The zero-order valence-electron chi connectivity index (χ0n) is 15.2. The fraction of sp³-hybridized carbons (Fsp3) is 0.0435. The SMILES string of the molecule is O=C(Nc1ccc2oc(Cc3ccccc3)nc2c1)c1sc2ccccc2c1Cl. The maximum Gasteiger partial charge on any atom is 0.267 e. The van der Waals surface area contributed by atoms with E-state index in [0.29, 0.717) is 39.0 Å². The van der Waals surface area contributed by atoms with E-state index < -0.39 is 0 Å². The molecule has 1 N–H and O–H groups in total. The molecule has 0 fully saturated rings. The molecule has 5 aromatic rings. The molecule has 3 aromatic carbocycles. The summed E-state index contributed by atoms with van der Waals surface area (Å²) in [6, 6.07) is 23.2. The van der Waals surface area contributed by atoms with Gasteiger partial charge in [-0.05, 0) is 29.8 Å². The van der Waals surface area contributed by atoms with Crippen molar-refractivity contribution >= 4 is 55.7 Å². The molecule has 0 bridgehead atoms. The predicted octanol–water partition coefficient (Wildman–Crippen LogP) is 6.54. The maximum absolute atomic E-state index is 12.8. The third-order valence-corrected chi connectivity index (χ3v) is 6.30. The standard InChI is InChI=1S/C23H15ClN2O2S/c24-21-16-8-4-5-9-19(16)29-22(21)23(27)25-15-10-11-18-17(13-15)26-20(28-18)12-14-6-2-1-3-7-14/h1-11,13H,12H2,(H,25,27). The number of carbonyl (C=O) groups is 1. The summed E-state index contributed by atoms with van der Waals surface area (Å²) < 4.78 is 6.82. The Morgan fingerprint density at radius 1 is 1.03 bits per heavy atom. The molecule has 0 unspecified atom stereocenters. The molecule has 5 rings (SSSR count). The van der Waals surface area contributed by atoms with Gasteiger partial charge in [0.05, 0.1) is 5.02 Å². The summed E-state index contributed by atoms with van der Waals surface area (Å²) in [4.78, 5) is 17.8. The van der Waals surface area contributed by atoms with E-state index in [2.05, 4.69) is 10.3 Å². The number of carbonyl (C=O) groups excluding carboxylic acids is 1. The molecule has 1 amide bonds. The van der Waals surface area contributed by atoms with Crippen LogP contribution >= 0.6 is 22.9 Å². The average molecular weight is 419 g/mol. The smallest absolute Gasteiger partial charge is 0.267 e. The van der Waals surface area contributed by atoms with E-state index in [9.17, 15) is 4.79 Å². The molecule has 0 aliphatic rings. The maximum atomic E-state index is 12.8. The van der Waals surface area contributed by atoms with Crippen molar-refractivity contribution in [1.82, 2.24) is 4.98 Å². The van der Waals surface area contributed by atoms with Crippen LogP contribution in [-0.2, 0) is 6.42 Å². The second-order valence-corrected chi connectivity index (χ2v) is 8.08. The minimum absolute atomic E-state index is 0.233. The number of halogens is 1. The molecule has 2 heterocycles. The molecule has 0 saturated carbocycles. The van der Waals surface area contributed by atoms with Crippen LogP contribution in [0.5, 0.6) is 0 Å². The van der Waals surface area contributed by atoms with Crippen LogP contribution in [0.3, 0.4) is 0 Å². The summed E-state index contributed by atoms with van der Waals surface area (Å²) in [5, 5.41) is 4.29. The largest absolute Gasteiger partial charge is 0.440 e. The van der Waals surface area contributed by atoms with Gasteiger partial charge in [0, 0.05) is 22.2 Å². The number of amides is 1. The lowest BCUT2D eigenvalue weighted by Crippen LogP contribution is -2.10. The second kappa shape index (κ2) is 7.35. The van der Waals surface area contributed by atoms with Gasteiger partial charge in [0.15, 0.2) is 11.5 Å². The molecule has 0 radical (unpaired) electrons. The van der Waals surface area contributed by atoms with Crippen molar-refractivity contribution in [2.24, 2.45) is 0 Å². The fourth-order valence-corrected chi connectivity index (χ4v) is 4.66. The molecule has 0 aliphatic heterocycles. The predicted molar refractivity (Wildman–Crippen MR) is 118 cm³/mol. The van der Waals surface area contributed by atoms with Crippen molar-refractivity contribution in [3.8, 4) is 0 Å². The van der Waals surface area contributed by atoms with Gasteiger partial charge in [-0.2, -0.15) is 0 Å². The van der Waals surface area contributed by atoms with Crippen LogP contribution in [0.1, 0.15) is 21.1 Å². The molecule has 2 aromatic heterocycles. The van der Waals surface area contributed by atoms with Crippen LogP contribution in [0.25, 0.3) is 21.2 Å². The number of fused-ring (bicyclic) bond motifs is 2. The van der Waals surface area contributed by atoms with Gasteiger partial charge in [-0.15, -0.1) is 11.3 Å². The molecule has 0 aliphatic carbocycles. The highest BCUT2D eigenvalue weighted by molar-refractivity contribution is 7.21. The van der Waals surface area contributed by atoms with Crippen LogP contribution in [0, 0.1) is 0 Å². The van der Waals surface area contributed by atoms with Crippen molar-refractivity contribution in [2.75, 3.05) is 5.32 Å². The molecule has 29 heavy (non-hydrogen) atoms. The molecule has 4 nitrogen and oxygen atoms in total. The van der Waals surface area contributed by atoms with E-state index in [-0.39, 0.29) is 5.91 Å². The van der Waals surface area contributed by atoms with Crippen LogP contribution < -0.4 is 5.32 Å². The monoisotopic (exact) mass is 418 g/mol. The molecule has 0 atom stereocenters. The van der Waals surface area contributed by atoms with Gasteiger partial charge in [0.2, 0.25) is 0 Å². The summed E-state index contributed by atoms with van der Waals surface area (Å²) in [6.45, 7) is 0. The highest BCUT2D eigenvalue weighted by Crippen LogP contribution is 2.35. The van der Waals surface area contributed by atoms with Gasteiger partial charge in [-0.1, -0.05) is 60.1 Å². The van der Waals surface area contributed by atoms with Crippen molar-refractivity contribution < 1.29 is 9.21 Å². The Kier molecular flexibility index (Phi) is 4.54. The van der Waals surface area contributed by atoms with Gasteiger partial charge in [0.1, 0.15) is 10.4 Å². The van der Waals surface area contributed by atoms with Crippen molar-refractivity contribution in [1.29, 1.82) is 0 Å². The van der Waals surface area contributed by atoms with E-state index in [0.717, 1.165) is 15.6 Å². The Morgan fingerprint density at radius 3 is 2.66 bits per heavy atom. The summed E-state index contributed by atoms with van der Waals surface area (Å²) in [7, 11) is 0. The number of hydrogen-bond donors (Lipinski definition) is 1. The zero-order chi connectivity index (χ0) is 19.8. The van der Waals surface area contributed by atoms with Crippen LogP contribution in [0.15, 0.2) is 77.2 Å². The summed E-state index contributed by atoms with van der Waals surface area (Å²) >= 11 is 7.80. The lowest BCUT2D eigenvalue weighted by molar-refractivity contribution is 0.103. The van der Waals surface area contributed by atoms with Crippen LogP contribution in [0.2, 0.25) is 5.02 Å². The summed E-state index contributed by atoms with van der Waals surface area (Å²) in [5.74, 6) is 0.408. The van der Waals surface area contributed by atoms with Gasteiger partial charge in [-0.25, -0.2) is 4.98 Å². The normalized spacial score (nSPS) is 11.2. The molecular weight excluding hydrogens is 404 g/mol. The Balaban J connectivity index is 1.40. The summed E-state index contributed by atoms with van der Waals surface area (Å²) in [5.41, 5.74) is 3.17. The number of nitrogens with one attached hydrogen (secondary N) is 1. The Morgan fingerprint density at radius 2 is 1.83 bits per heavy atom. The van der Waals surface area contributed by atoms with Gasteiger partial charge in [-0.3, -0.25) is 4.79 Å². The Hall–Kier alpha value is -3.15. The first-order chi connectivity index (χ1) is 14.2. The number of benzene rings is 3. The first-order valence-electron chi connectivity index (χ1n) is 9.09. The zero-order valence-corrected chi connectivity index (χ0v) is 16.8. The lowest BCUT2D eigenvalue weighted by atomic mass is 10.1. The quantitative estimate of drug-likeness (QED) is 0.360. The van der Waals surface area contributed by atoms with Gasteiger partial charge >= 0.3 is 0 Å². The number of rotatable bonds is 4. The number of oxazole rings is 1. The number of nitrogens with zero attached hydrogens (tertiary/aromatic N) is 1. The van der Waals surface area contributed by atoms with E-state index >= 15 is 0 Å². The van der Waals surface area contributed by atoms with Crippen LogP contribution in [0.4, 0.5) is 5.69 Å². The number of hydrogen-bond acceptors (Lipinski definition) is 4. The highest BCUT2D eigenvalue weighted by Gasteiger charge is 2.17. The molecule has 142 valence electrons. The van der Waals surface area contributed by atoms with E-state index in [1.165, 1.54) is 11.3 Å². The Bertz CT molecular complexity index is 1340. The fourth-order valence-electron chi connectivity index (χ4n) is 3.25. The third kappa shape index (κ3) is 3.50. The van der Waals surface area contributed by atoms with Crippen LogP contribution in [-0.4, -0.2) is 10.9 Å². The topological polar surface area (TPSA) is 55.1 Å². The van der Waals surface area contributed by atoms with Gasteiger partial charge in [0.25, 0.3) is 5.91 Å². The first-order valence-corrected chi connectivity index (χ1v) is 10.3. The van der Waals surface area contributed by atoms with Gasteiger partial charge < -0.3 is 9.73 Å². The lowest BCUT2D eigenvalue weighted by Gasteiger charge is -2.03. The second-order valence-electron chi connectivity index (χ2n) is 6.65. The number of thiophene rings is 1. The molecule has 6 heteroatoms. The average Bonchev–Trinajstić information content (AvgIpc) is 3.29.